The molecule has 1 aliphatic rings. The number of carbonyl (C=O) groups excluding carboxylic acids is 4. The number of nitrogens with two attached hydrogens (primary N) is 1. The third-order valence-electron chi connectivity index (χ3n) is 4.73. The Labute approximate surface area is 178 Å². The van der Waals surface area contributed by atoms with E-state index in [4.69, 9.17) is 5.73 Å². The Morgan fingerprint density at radius 3 is 2.38 bits per heavy atom. The minimum Gasteiger partial charge on any atom is -0.370 e. The first-order valence-electron chi connectivity index (χ1n) is 9.52. The van der Waals surface area contributed by atoms with Crippen molar-refractivity contribution < 1.29 is 19.2 Å². The first kappa shape index (κ1) is 22.9. The highest BCUT2D eigenvalue weighted by atomic mass is 79.9. The Bertz CT molecular complexity index is 788. The summed E-state index contributed by atoms with van der Waals surface area (Å²) in [5.41, 5.74) is 5.84. The van der Waals surface area contributed by atoms with Crippen molar-refractivity contribution in [2.75, 3.05) is 18.4 Å². The predicted octanol–water partition coefficient (Wildman–Crippen LogP) is 1.89. The average Bonchev–Trinajstić information content (AvgIpc) is 2.60. The van der Waals surface area contributed by atoms with Gasteiger partial charge in [-0.1, -0.05) is 29.8 Å². The first-order valence-corrected chi connectivity index (χ1v) is 10.3. The number of primary amides is 1. The summed E-state index contributed by atoms with van der Waals surface area (Å²) >= 11 is 3.37. The molecular weight excluding hydrogens is 440 g/mol. The molecule has 29 heavy (non-hydrogen) atoms. The van der Waals surface area contributed by atoms with Gasteiger partial charge in [-0.05, 0) is 36.5 Å². The first-order chi connectivity index (χ1) is 13.6. The van der Waals surface area contributed by atoms with Crippen LogP contribution in [0.25, 0.3) is 0 Å². The van der Waals surface area contributed by atoms with Gasteiger partial charge in [0.25, 0.3) is 5.91 Å². The topological polar surface area (TPSA) is 122 Å². The average molecular weight is 467 g/mol. The lowest BCUT2D eigenvalue weighted by atomic mass is 9.91. The van der Waals surface area contributed by atoms with Crippen LogP contribution >= 0.6 is 15.9 Å². The zero-order valence-electron chi connectivity index (χ0n) is 16.8. The summed E-state index contributed by atoms with van der Waals surface area (Å²) in [4.78, 5) is 50.3. The van der Waals surface area contributed by atoms with E-state index in [1.54, 1.807) is 23.1 Å². The molecule has 0 bridgehead atoms. The molecular formula is C20H27BrN4O4. The van der Waals surface area contributed by atoms with Crippen molar-refractivity contribution in [2.24, 2.45) is 17.6 Å². The minimum atomic E-state index is -1.12. The van der Waals surface area contributed by atoms with Gasteiger partial charge in [0.15, 0.2) is 0 Å². The molecule has 1 saturated heterocycles. The molecule has 8 nitrogen and oxygen atoms in total. The van der Waals surface area contributed by atoms with Crippen molar-refractivity contribution in [1.29, 1.82) is 0 Å². The molecule has 0 aromatic heterocycles. The fraction of sp³-hybridized carbons (Fsp3) is 0.500. The van der Waals surface area contributed by atoms with Crippen molar-refractivity contribution >= 4 is 45.2 Å². The van der Waals surface area contributed by atoms with Crippen LogP contribution in [0.15, 0.2) is 22.7 Å². The number of likely N-dealkylation sites (tertiary alicyclic amines) is 1. The van der Waals surface area contributed by atoms with E-state index in [1.165, 1.54) is 6.92 Å². The monoisotopic (exact) mass is 466 g/mol. The second kappa shape index (κ2) is 9.87. The van der Waals surface area contributed by atoms with Crippen LogP contribution in [0.3, 0.4) is 0 Å². The quantitative estimate of drug-likeness (QED) is 0.592. The molecule has 2 rings (SSSR count). The van der Waals surface area contributed by atoms with Crippen LogP contribution in [-0.2, 0) is 14.4 Å². The second-order valence-electron chi connectivity index (χ2n) is 7.76. The minimum absolute atomic E-state index is 0.175. The van der Waals surface area contributed by atoms with Crippen LogP contribution in [0.1, 0.15) is 44.0 Å². The van der Waals surface area contributed by atoms with Gasteiger partial charge in [-0.2, -0.15) is 0 Å². The van der Waals surface area contributed by atoms with E-state index < -0.39 is 23.8 Å². The number of piperidine rings is 1. The van der Waals surface area contributed by atoms with Gasteiger partial charge in [0.1, 0.15) is 6.04 Å². The Hall–Kier alpha value is -2.42. The van der Waals surface area contributed by atoms with Gasteiger partial charge in [-0.3, -0.25) is 19.2 Å². The second-order valence-corrected chi connectivity index (χ2v) is 8.67. The van der Waals surface area contributed by atoms with Crippen molar-refractivity contribution in [3.8, 4) is 0 Å². The predicted molar refractivity (Wildman–Crippen MR) is 113 cm³/mol. The number of carbonyl (C=O) groups is 4. The molecule has 158 valence electrons. The smallest absolute Gasteiger partial charge is 0.256 e. The van der Waals surface area contributed by atoms with Crippen LogP contribution < -0.4 is 16.4 Å². The number of halogens is 1. The van der Waals surface area contributed by atoms with E-state index in [0.717, 1.165) is 6.42 Å². The van der Waals surface area contributed by atoms with E-state index in [9.17, 15) is 19.2 Å². The number of rotatable bonds is 6. The Morgan fingerprint density at radius 2 is 1.83 bits per heavy atom. The highest BCUT2D eigenvalue weighted by Crippen LogP contribution is 2.27. The highest BCUT2D eigenvalue weighted by Gasteiger charge is 2.29. The van der Waals surface area contributed by atoms with Crippen LogP contribution in [-0.4, -0.2) is 47.7 Å². The fourth-order valence-corrected chi connectivity index (χ4v) is 4.04. The molecule has 0 spiro atoms. The molecule has 0 radical (unpaired) electrons. The van der Waals surface area contributed by atoms with Crippen molar-refractivity contribution in [3.63, 3.8) is 0 Å². The lowest BCUT2D eigenvalue weighted by molar-refractivity contribution is -0.127. The van der Waals surface area contributed by atoms with Crippen molar-refractivity contribution in [1.82, 2.24) is 10.2 Å². The maximum absolute atomic E-state index is 13.2. The van der Waals surface area contributed by atoms with Crippen molar-refractivity contribution in [3.05, 3.63) is 28.2 Å². The van der Waals surface area contributed by atoms with Gasteiger partial charge in [0.2, 0.25) is 17.7 Å². The molecule has 3 atom stereocenters. The third kappa shape index (κ3) is 6.56. The molecule has 0 unspecified atom stereocenters. The van der Waals surface area contributed by atoms with E-state index in [1.807, 2.05) is 0 Å². The number of nitrogens with one attached hydrogen (secondary N) is 2. The van der Waals surface area contributed by atoms with E-state index >= 15 is 0 Å². The van der Waals surface area contributed by atoms with Gasteiger partial charge >= 0.3 is 0 Å². The Balaban J connectivity index is 2.27. The summed E-state index contributed by atoms with van der Waals surface area (Å²) in [7, 11) is 0. The van der Waals surface area contributed by atoms with Gasteiger partial charge in [-0.25, -0.2) is 0 Å². The summed E-state index contributed by atoms with van der Waals surface area (Å²) in [6.45, 7) is 6.77. The van der Waals surface area contributed by atoms with Crippen LogP contribution in [0.4, 0.5) is 5.69 Å². The van der Waals surface area contributed by atoms with Crippen LogP contribution in [0, 0.1) is 11.8 Å². The summed E-state index contributed by atoms with van der Waals surface area (Å²) in [5.74, 6) is -1.18. The summed E-state index contributed by atoms with van der Waals surface area (Å²) in [6, 6.07) is 3.85. The molecule has 0 saturated carbocycles. The maximum Gasteiger partial charge on any atom is 0.256 e. The number of amides is 4. The van der Waals surface area contributed by atoms with Gasteiger partial charge < -0.3 is 21.3 Å². The number of nitrogens with zero attached hydrogens (tertiary/aromatic N) is 1. The SMILES string of the molecule is CC(=O)N[C@@H](CC(N)=O)C(=O)Nc1ccc(Br)cc1C(=O)N1C[C@H](C)C[C@H](C)C1. The Kier molecular flexibility index (Phi) is 7.78. The van der Waals surface area contributed by atoms with Crippen LogP contribution in [0.5, 0.6) is 0 Å². The summed E-state index contributed by atoms with van der Waals surface area (Å²) in [6.07, 6.45) is 0.726. The largest absolute Gasteiger partial charge is 0.370 e. The molecule has 0 aliphatic carbocycles. The number of hydrogen-bond acceptors (Lipinski definition) is 4. The molecule has 1 heterocycles. The molecule has 9 heteroatoms. The lowest BCUT2D eigenvalue weighted by Crippen LogP contribution is -2.46. The molecule has 1 fully saturated rings. The third-order valence-corrected chi connectivity index (χ3v) is 5.22. The van der Waals surface area contributed by atoms with Gasteiger partial charge in [-0.15, -0.1) is 0 Å². The zero-order chi connectivity index (χ0) is 21.7. The van der Waals surface area contributed by atoms with E-state index in [0.29, 0.717) is 40.6 Å². The lowest BCUT2D eigenvalue weighted by Gasteiger charge is -2.35. The maximum atomic E-state index is 13.2. The highest BCUT2D eigenvalue weighted by molar-refractivity contribution is 9.10. The van der Waals surface area contributed by atoms with E-state index in [-0.39, 0.29) is 12.3 Å². The molecule has 4 N–H and O–H groups in total. The van der Waals surface area contributed by atoms with Gasteiger partial charge in [0, 0.05) is 24.5 Å². The molecule has 4 amide bonds. The van der Waals surface area contributed by atoms with E-state index in [2.05, 4.69) is 40.4 Å². The fourth-order valence-electron chi connectivity index (χ4n) is 3.68. The molecule has 1 aliphatic heterocycles. The number of benzene rings is 1. The standard InChI is InChI=1S/C20H27BrN4O4/c1-11-6-12(2)10-25(9-11)20(29)15-7-14(21)4-5-16(15)24-19(28)17(8-18(22)27)23-13(3)26/h4-5,7,11-12,17H,6,8-10H2,1-3H3,(H2,22,27)(H,23,26)(H,24,28)/t11-,12+,17-/m0/s1. The summed E-state index contributed by atoms with van der Waals surface area (Å²) in [5, 5.41) is 5.07. The summed E-state index contributed by atoms with van der Waals surface area (Å²) < 4.78 is 0.701. The molecule has 1 aromatic carbocycles. The zero-order valence-corrected chi connectivity index (χ0v) is 18.4. The van der Waals surface area contributed by atoms with Crippen molar-refractivity contribution in [2.45, 2.75) is 39.7 Å². The molecule has 1 aromatic rings. The Morgan fingerprint density at radius 1 is 1.21 bits per heavy atom. The van der Waals surface area contributed by atoms with Crippen LogP contribution in [0.2, 0.25) is 0 Å². The number of hydrogen-bond donors (Lipinski definition) is 3. The normalized spacial score (nSPS) is 19.9. The number of anilines is 1. The van der Waals surface area contributed by atoms with Gasteiger partial charge in [0.05, 0.1) is 17.7 Å².